The molecule has 0 saturated carbocycles. The number of nitrogens with zero attached hydrogens (tertiary/aromatic N) is 1. The minimum atomic E-state index is -3.86. The smallest absolute Gasteiger partial charge is 0.309 e. The first-order chi connectivity index (χ1) is 14.4. The van der Waals surface area contributed by atoms with E-state index in [1.165, 1.54) is 29.8 Å². The normalized spacial score (nSPS) is 17.3. The molecule has 10 nitrogen and oxygen atoms in total. The summed E-state index contributed by atoms with van der Waals surface area (Å²) in [6, 6.07) is 9.33. The van der Waals surface area contributed by atoms with Crippen LogP contribution >= 0.6 is 0 Å². The number of benzene rings is 1. The lowest BCUT2D eigenvalue weighted by molar-refractivity contribution is -0.140. The second-order valence-electron chi connectivity index (χ2n) is 6.44. The predicted octanol–water partition coefficient (Wildman–Crippen LogP) is 0.458. The molecular formula is C19H23N3O7S. The molecule has 1 aliphatic heterocycles. The molecule has 1 aromatic heterocycles. The zero-order valence-corrected chi connectivity index (χ0v) is 17.2. The lowest BCUT2D eigenvalue weighted by atomic mass is 10.3. The highest BCUT2D eigenvalue weighted by Gasteiger charge is 2.35. The molecule has 2 heterocycles. The van der Waals surface area contributed by atoms with Crippen molar-refractivity contribution in [1.29, 1.82) is 0 Å². The monoisotopic (exact) mass is 437 g/mol. The average Bonchev–Trinajstić information content (AvgIpc) is 3.29. The van der Waals surface area contributed by atoms with Crippen molar-refractivity contribution in [3.05, 3.63) is 48.4 Å². The molecule has 3 rings (SSSR count). The number of hydrogen-bond acceptors (Lipinski definition) is 7. The quantitative estimate of drug-likeness (QED) is 0.603. The van der Waals surface area contributed by atoms with Crippen LogP contribution in [0.4, 0.5) is 0 Å². The van der Waals surface area contributed by atoms with Gasteiger partial charge in [-0.2, -0.15) is 4.31 Å². The maximum Gasteiger partial charge on any atom is 0.309 e. The van der Waals surface area contributed by atoms with E-state index in [4.69, 9.17) is 13.9 Å². The van der Waals surface area contributed by atoms with Crippen molar-refractivity contribution in [2.24, 2.45) is 0 Å². The summed E-state index contributed by atoms with van der Waals surface area (Å²) in [5.41, 5.74) is 0. The van der Waals surface area contributed by atoms with E-state index in [9.17, 15) is 18.0 Å². The maximum absolute atomic E-state index is 13.0. The standard InChI is InChI=1S/C19H23N3O7S/c1-27-14-5-7-16(8-6-14)30(25,26)22-9-3-11-29-17(22)13-21-19(24)18(23)20-12-15-4-2-10-28-15/h2,4-8,10,17H,3,9,11-13H2,1H3,(H,20,23)(H,21,24). The third-order valence-corrected chi connectivity index (χ3v) is 6.37. The molecule has 1 atom stereocenters. The van der Waals surface area contributed by atoms with Gasteiger partial charge < -0.3 is 24.5 Å². The van der Waals surface area contributed by atoms with Gasteiger partial charge in [0, 0.05) is 6.54 Å². The molecule has 0 bridgehead atoms. The Morgan fingerprint density at radius 2 is 1.90 bits per heavy atom. The van der Waals surface area contributed by atoms with Crippen LogP contribution in [-0.4, -0.2) is 57.6 Å². The molecule has 11 heteroatoms. The Kier molecular flexibility index (Phi) is 7.08. The van der Waals surface area contributed by atoms with E-state index >= 15 is 0 Å². The van der Waals surface area contributed by atoms with Crippen LogP contribution in [-0.2, 0) is 30.9 Å². The number of sulfonamides is 1. The molecule has 2 amide bonds. The predicted molar refractivity (Wildman–Crippen MR) is 105 cm³/mol. The van der Waals surface area contributed by atoms with Crippen LogP contribution in [0.2, 0.25) is 0 Å². The number of hydrogen-bond donors (Lipinski definition) is 2. The number of ether oxygens (including phenoxy) is 2. The van der Waals surface area contributed by atoms with Gasteiger partial charge in [0.25, 0.3) is 0 Å². The highest BCUT2D eigenvalue weighted by Crippen LogP contribution is 2.23. The number of methoxy groups -OCH3 is 1. The Morgan fingerprint density at radius 3 is 2.57 bits per heavy atom. The molecule has 1 aliphatic rings. The second-order valence-corrected chi connectivity index (χ2v) is 8.33. The van der Waals surface area contributed by atoms with Gasteiger partial charge in [-0.15, -0.1) is 0 Å². The summed E-state index contributed by atoms with van der Waals surface area (Å²) in [6.45, 7) is 0.485. The van der Waals surface area contributed by atoms with Gasteiger partial charge in [0.2, 0.25) is 10.0 Å². The Labute approximate surface area is 174 Å². The number of amides is 2. The molecule has 0 aliphatic carbocycles. The van der Waals surface area contributed by atoms with Gasteiger partial charge in [-0.3, -0.25) is 9.59 Å². The van der Waals surface area contributed by atoms with Crippen LogP contribution in [0.15, 0.2) is 52.0 Å². The average molecular weight is 437 g/mol. The Balaban J connectivity index is 1.60. The topological polar surface area (TPSA) is 127 Å². The summed E-state index contributed by atoms with van der Waals surface area (Å²) in [5, 5.41) is 4.84. The van der Waals surface area contributed by atoms with Crippen LogP contribution in [0.1, 0.15) is 12.2 Å². The van der Waals surface area contributed by atoms with Gasteiger partial charge in [-0.1, -0.05) is 0 Å². The second kappa shape index (κ2) is 9.74. The van der Waals surface area contributed by atoms with Crippen molar-refractivity contribution >= 4 is 21.8 Å². The van der Waals surface area contributed by atoms with E-state index in [1.807, 2.05) is 0 Å². The first kappa shape index (κ1) is 21.8. The first-order valence-electron chi connectivity index (χ1n) is 9.27. The zero-order valence-electron chi connectivity index (χ0n) is 16.4. The summed E-state index contributed by atoms with van der Waals surface area (Å²) in [4.78, 5) is 24.1. The summed E-state index contributed by atoms with van der Waals surface area (Å²) in [6.07, 6.45) is 1.05. The van der Waals surface area contributed by atoms with Crippen LogP contribution in [0.25, 0.3) is 0 Å². The number of rotatable bonds is 7. The van der Waals surface area contributed by atoms with Crippen molar-refractivity contribution in [3.8, 4) is 5.75 Å². The number of furan rings is 1. The van der Waals surface area contributed by atoms with Crippen molar-refractivity contribution in [2.45, 2.75) is 24.1 Å². The minimum Gasteiger partial charge on any atom is -0.497 e. The molecule has 2 N–H and O–H groups in total. The van der Waals surface area contributed by atoms with Crippen molar-refractivity contribution in [1.82, 2.24) is 14.9 Å². The van der Waals surface area contributed by atoms with Gasteiger partial charge >= 0.3 is 11.8 Å². The van der Waals surface area contributed by atoms with E-state index in [1.54, 1.807) is 24.3 Å². The summed E-state index contributed by atoms with van der Waals surface area (Å²) >= 11 is 0. The van der Waals surface area contributed by atoms with E-state index in [2.05, 4.69) is 10.6 Å². The largest absolute Gasteiger partial charge is 0.497 e. The van der Waals surface area contributed by atoms with Gasteiger partial charge in [-0.25, -0.2) is 8.42 Å². The SMILES string of the molecule is COc1ccc(S(=O)(=O)N2CCCOC2CNC(=O)C(=O)NCc2ccco2)cc1. The van der Waals surface area contributed by atoms with Gasteiger partial charge in [0.15, 0.2) is 0 Å². The molecule has 30 heavy (non-hydrogen) atoms. The van der Waals surface area contributed by atoms with Gasteiger partial charge in [0.1, 0.15) is 17.7 Å². The lowest BCUT2D eigenvalue weighted by Crippen LogP contribution is -2.53. The summed E-state index contributed by atoms with van der Waals surface area (Å²) in [7, 11) is -2.36. The van der Waals surface area contributed by atoms with E-state index < -0.39 is 28.1 Å². The number of carbonyl (C=O) groups is 2. The minimum absolute atomic E-state index is 0.0666. The summed E-state index contributed by atoms with van der Waals surface area (Å²) < 4.78 is 42.9. The maximum atomic E-state index is 13.0. The first-order valence-corrected chi connectivity index (χ1v) is 10.7. The fourth-order valence-electron chi connectivity index (χ4n) is 2.91. The van der Waals surface area contributed by atoms with E-state index in [0.29, 0.717) is 24.5 Å². The third kappa shape index (κ3) is 5.17. The fraction of sp³-hybridized carbons (Fsp3) is 0.368. The lowest BCUT2D eigenvalue weighted by Gasteiger charge is -2.34. The molecule has 162 valence electrons. The molecule has 0 spiro atoms. The van der Waals surface area contributed by atoms with Crippen LogP contribution in [0, 0.1) is 0 Å². The van der Waals surface area contributed by atoms with Crippen LogP contribution in [0.3, 0.4) is 0 Å². The van der Waals surface area contributed by atoms with Gasteiger partial charge in [0.05, 0.1) is 38.0 Å². The Morgan fingerprint density at radius 1 is 1.17 bits per heavy atom. The molecule has 1 saturated heterocycles. The molecule has 0 radical (unpaired) electrons. The van der Waals surface area contributed by atoms with Crippen molar-refractivity contribution in [2.75, 3.05) is 26.8 Å². The highest BCUT2D eigenvalue weighted by atomic mass is 32.2. The van der Waals surface area contributed by atoms with Crippen LogP contribution in [0.5, 0.6) is 5.75 Å². The van der Waals surface area contributed by atoms with E-state index in [-0.39, 0.29) is 24.5 Å². The molecule has 1 aromatic carbocycles. The Bertz CT molecular complexity index is 959. The zero-order chi connectivity index (χ0) is 21.6. The van der Waals surface area contributed by atoms with Crippen molar-refractivity contribution < 1.29 is 31.9 Å². The molecule has 2 aromatic rings. The fourth-order valence-corrected chi connectivity index (χ4v) is 4.47. The highest BCUT2D eigenvalue weighted by molar-refractivity contribution is 7.89. The van der Waals surface area contributed by atoms with Gasteiger partial charge in [-0.05, 0) is 42.8 Å². The van der Waals surface area contributed by atoms with Crippen LogP contribution < -0.4 is 15.4 Å². The number of carbonyl (C=O) groups excluding carboxylic acids is 2. The van der Waals surface area contributed by atoms with E-state index in [0.717, 1.165) is 0 Å². The Hall–Kier alpha value is -2.89. The number of nitrogens with one attached hydrogen (secondary N) is 2. The third-order valence-electron chi connectivity index (χ3n) is 4.47. The molecule has 1 unspecified atom stereocenters. The summed E-state index contributed by atoms with van der Waals surface area (Å²) in [5.74, 6) is -0.707. The molecular weight excluding hydrogens is 414 g/mol. The van der Waals surface area contributed by atoms with Crippen molar-refractivity contribution in [3.63, 3.8) is 0 Å². The molecule has 1 fully saturated rings.